The predicted molar refractivity (Wildman–Crippen MR) is 136 cm³/mol. The number of halogens is 1. The lowest BCUT2D eigenvalue weighted by atomic mass is 9.84. The van der Waals surface area contributed by atoms with E-state index in [-0.39, 0.29) is 49.1 Å². The highest BCUT2D eigenvalue weighted by atomic mass is 35.5. The van der Waals surface area contributed by atoms with Crippen molar-refractivity contribution in [2.75, 3.05) is 11.9 Å². The monoisotopic (exact) mass is 513 g/mol. The van der Waals surface area contributed by atoms with Gasteiger partial charge in [-0.15, -0.1) is 0 Å². The fraction of sp³-hybridized carbons (Fsp3) is 0.481. The van der Waals surface area contributed by atoms with E-state index in [4.69, 9.17) is 21.1 Å². The van der Waals surface area contributed by atoms with Crippen molar-refractivity contribution >= 4 is 29.2 Å². The van der Waals surface area contributed by atoms with Crippen molar-refractivity contribution in [3.8, 4) is 5.75 Å². The molecular weight excluding hydrogens is 482 g/mol. The summed E-state index contributed by atoms with van der Waals surface area (Å²) >= 11 is 5.92. The highest BCUT2D eigenvalue weighted by Gasteiger charge is 2.46. The summed E-state index contributed by atoms with van der Waals surface area (Å²) in [5.41, 5.74) is 2.62. The number of amides is 3. The number of carbonyl (C=O) groups excluding carboxylic acids is 2. The molecule has 3 aliphatic rings. The lowest BCUT2D eigenvalue weighted by molar-refractivity contribution is -0.142. The molecule has 5 rings (SSSR count). The van der Waals surface area contributed by atoms with Crippen molar-refractivity contribution in [3.63, 3.8) is 0 Å². The molecule has 192 valence electrons. The minimum Gasteiger partial charge on any atom is -0.487 e. The SMILES string of the molecule is O=C(C[C@@H]1C[C@@H]2c3cc(NC(=O)NC4CCCC4)ccc3O[C@@H]2[C@H](CO)O1)NCc1ccc(Cl)cc1. The third-order valence-electron chi connectivity index (χ3n) is 7.26. The number of ether oxygens (including phenoxy) is 2. The van der Waals surface area contributed by atoms with Crippen molar-refractivity contribution < 1.29 is 24.2 Å². The fourth-order valence-corrected chi connectivity index (χ4v) is 5.60. The Morgan fingerprint density at radius 2 is 1.86 bits per heavy atom. The Morgan fingerprint density at radius 3 is 2.61 bits per heavy atom. The van der Waals surface area contributed by atoms with Crippen LogP contribution < -0.4 is 20.7 Å². The van der Waals surface area contributed by atoms with Crippen LogP contribution in [0, 0.1) is 0 Å². The van der Waals surface area contributed by atoms with Crippen molar-refractivity contribution in [2.24, 2.45) is 0 Å². The maximum Gasteiger partial charge on any atom is 0.319 e. The van der Waals surface area contributed by atoms with Gasteiger partial charge in [0.2, 0.25) is 5.91 Å². The van der Waals surface area contributed by atoms with Crippen LogP contribution in [0.3, 0.4) is 0 Å². The van der Waals surface area contributed by atoms with Crippen molar-refractivity contribution in [1.82, 2.24) is 10.6 Å². The molecule has 2 aromatic carbocycles. The molecule has 2 aliphatic heterocycles. The van der Waals surface area contributed by atoms with Crippen LogP contribution in [0.15, 0.2) is 42.5 Å². The Bertz CT molecular complexity index is 1090. The first-order valence-corrected chi connectivity index (χ1v) is 13.0. The number of rotatable bonds is 7. The number of fused-ring (bicyclic) bond motifs is 3. The molecule has 2 fully saturated rings. The Hall–Kier alpha value is -2.81. The Kier molecular flexibility index (Phi) is 7.65. The van der Waals surface area contributed by atoms with E-state index in [1.165, 1.54) is 0 Å². The summed E-state index contributed by atoms with van der Waals surface area (Å²) in [6.07, 6.45) is 3.89. The third kappa shape index (κ3) is 5.77. The van der Waals surface area contributed by atoms with Crippen LogP contribution in [0.4, 0.5) is 10.5 Å². The van der Waals surface area contributed by atoms with E-state index < -0.39 is 6.10 Å². The smallest absolute Gasteiger partial charge is 0.319 e. The molecule has 1 saturated carbocycles. The summed E-state index contributed by atoms with van der Waals surface area (Å²) < 4.78 is 12.2. The number of benzene rings is 2. The summed E-state index contributed by atoms with van der Waals surface area (Å²) in [5.74, 6) is 0.560. The van der Waals surface area contributed by atoms with Gasteiger partial charge < -0.3 is 30.5 Å². The van der Waals surface area contributed by atoms with Gasteiger partial charge in [-0.2, -0.15) is 0 Å². The second-order valence-electron chi connectivity index (χ2n) is 9.84. The van der Waals surface area contributed by atoms with Crippen LogP contribution in [-0.4, -0.2) is 48.0 Å². The molecule has 9 heteroatoms. The Labute approximate surface area is 215 Å². The molecule has 4 atom stereocenters. The zero-order valence-corrected chi connectivity index (χ0v) is 20.8. The average Bonchev–Trinajstić information content (AvgIpc) is 3.51. The van der Waals surface area contributed by atoms with Crippen LogP contribution in [-0.2, 0) is 16.1 Å². The first-order valence-electron chi connectivity index (χ1n) is 12.6. The molecule has 0 radical (unpaired) electrons. The largest absolute Gasteiger partial charge is 0.487 e. The molecule has 3 amide bonds. The molecule has 36 heavy (non-hydrogen) atoms. The van der Waals surface area contributed by atoms with Crippen LogP contribution in [0.2, 0.25) is 5.02 Å². The van der Waals surface area contributed by atoms with Gasteiger partial charge in [0.1, 0.15) is 18.0 Å². The van der Waals surface area contributed by atoms with E-state index in [0.717, 1.165) is 42.6 Å². The first-order chi connectivity index (χ1) is 17.5. The highest BCUT2D eigenvalue weighted by Crippen LogP contribution is 2.47. The summed E-state index contributed by atoms with van der Waals surface area (Å²) in [6, 6.07) is 13.0. The second-order valence-corrected chi connectivity index (χ2v) is 10.3. The maximum atomic E-state index is 12.6. The predicted octanol–water partition coefficient (Wildman–Crippen LogP) is 4.11. The normalized spacial score (nSPS) is 24.9. The van der Waals surface area contributed by atoms with Gasteiger partial charge in [0.15, 0.2) is 0 Å². The van der Waals surface area contributed by atoms with E-state index in [1.807, 2.05) is 30.3 Å². The molecule has 0 aromatic heterocycles. The van der Waals surface area contributed by atoms with Crippen LogP contribution in [0.25, 0.3) is 0 Å². The minimum atomic E-state index is -0.535. The Balaban J connectivity index is 1.21. The molecule has 2 heterocycles. The molecule has 4 N–H and O–H groups in total. The van der Waals surface area contributed by atoms with E-state index >= 15 is 0 Å². The van der Waals surface area contributed by atoms with E-state index in [2.05, 4.69) is 16.0 Å². The molecule has 1 aliphatic carbocycles. The zero-order chi connectivity index (χ0) is 25.1. The molecule has 2 aromatic rings. The average molecular weight is 514 g/mol. The van der Waals surface area contributed by atoms with Gasteiger partial charge in [0, 0.05) is 34.8 Å². The zero-order valence-electron chi connectivity index (χ0n) is 20.0. The summed E-state index contributed by atoms with van der Waals surface area (Å²) in [5, 5.41) is 19.5. The number of hydrogen-bond acceptors (Lipinski definition) is 5. The Morgan fingerprint density at radius 1 is 1.08 bits per heavy atom. The van der Waals surface area contributed by atoms with Gasteiger partial charge in [0.25, 0.3) is 0 Å². The van der Waals surface area contributed by atoms with Gasteiger partial charge in [-0.3, -0.25) is 4.79 Å². The van der Waals surface area contributed by atoms with Crippen molar-refractivity contribution in [1.29, 1.82) is 0 Å². The number of urea groups is 1. The van der Waals surface area contributed by atoms with Gasteiger partial charge in [0.05, 0.1) is 19.1 Å². The number of hydrogen-bond donors (Lipinski definition) is 4. The number of carbonyl (C=O) groups is 2. The topological polar surface area (TPSA) is 109 Å². The molecular formula is C27H32ClN3O5. The third-order valence-corrected chi connectivity index (χ3v) is 7.52. The highest BCUT2D eigenvalue weighted by molar-refractivity contribution is 6.30. The number of aliphatic hydroxyl groups excluding tert-OH is 1. The van der Waals surface area contributed by atoms with Crippen LogP contribution >= 0.6 is 11.6 Å². The van der Waals surface area contributed by atoms with Gasteiger partial charge in [-0.25, -0.2) is 4.79 Å². The molecule has 0 spiro atoms. The second kappa shape index (κ2) is 11.1. The first kappa shape index (κ1) is 24.9. The van der Waals surface area contributed by atoms with Crippen LogP contribution in [0.5, 0.6) is 5.75 Å². The van der Waals surface area contributed by atoms with Gasteiger partial charge >= 0.3 is 6.03 Å². The summed E-state index contributed by atoms with van der Waals surface area (Å²) in [6.45, 7) is 0.203. The van der Waals surface area contributed by atoms with E-state index in [1.54, 1.807) is 12.1 Å². The van der Waals surface area contributed by atoms with Crippen LogP contribution in [0.1, 0.15) is 55.6 Å². The molecule has 0 bridgehead atoms. The lowest BCUT2D eigenvalue weighted by Gasteiger charge is -2.37. The number of nitrogens with one attached hydrogen (secondary N) is 3. The van der Waals surface area contributed by atoms with Gasteiger partial charge in [-0.05, 0) is 55.2 Å². The quantitative estimate of drug-likeness (QED) is 0.445. The number of aliphatic hydroxyl groups is 1. The summed E-state index contributed by atoms with van der Waals surface area (Å²) in [4.78, 5) is 25.1. The maximum absolute atomic E-state index is 12.6. The van der Waals surface area contributed by atoms with Gasteiger partial charge in [-0.1, -0.05) is 36.6 Å². The minimum absolute atomic E-state index is 0.0420. The standard InChI is InChI=1S/C27H32ClN3O5/c28-17-7-5-16(6-8-17)14-29-25(33)13-20-12-22-21-11-19(31-27(34)30-18-3-1-2-4-18)9-10-23(21)36-26(22)24(15-32)35-20/h5-11,18,20,22,24,26,32H,1-4,12-15H2,(H,29,33)(H2,30,31,34)/t20-,22+,24-,26-/m0/s1. The molecule has 1 saturated heterocycles. The lowest BCUT2D eigenvalue weighted by Crippen LogP contribution is -2.47. The van der Waals surface area contributed by atoms with Crippen molar-refractivity contribution in [2.45, 2.75) is 75.3 Å². The summed E-state index contributed by atoms with van der Waals surface area (Å²) in [7, 11) is 0. The van der Waals surface area contributed by atoms with Crippen molar-refractivity contribution in [3.05, 3.63) is 58.6 Å². The molecule has 0 unspecified atom stereocenters. The molecule has 8 nitrogen and oxygen atoms in total. The number of anilines is 1. The fourth-order valence-electron chi connectivity index (χ4n) is 5.47. The van der Waals surface area contributed by atoms with E-state index in [0.29, 0.717) is 23.7 Å². The van der Waals surface area contributed by atoms with E-state index in [9.17, 15) is 14.7 Å².